The van der Waals surface area contributed by atoms with Gasteiger partial charge in [0.2, 0.25) is 11.8 Å². The van der Waals surface area contributed by atoms with Gasteiger partial charge in [0.25, 0.3) is 0 Å². The van der Waals surface area contributed by atoms with Crippen LogP contribution in [0.1, 0.15) is 48.0 Å². The predicted molar refractivity (Wildman–Crippen MR) is 90.3 cm³/mol. The smallest absolute Gasteiger partial charge is 0.325 e. The van der Waals surface area contributed by atoms with Gasteiger partial charge in [0.15, 0.2) is 0 Å². The molecule has 5 N–H and O–H groups in total. The molecule has 8 nitrogen and oxygen atoms in total. The summed E-state index contributed by atoms with van der Waals surface area (Å²) in [5, 5.41) is 13.7. The van der Waals surface area contributed by atoms with Gasteiger partial charge in [0, 0.05) is 0 Å². The van der Waals surface area contributed by atoms with E-state index in [2.05, 4.69) is 10.6 Å². The van der Waals surface area contributed by atoms with Crippen LogP contribution < -0.4 is 16.4 Å². The van der Waals surface area contributed by atoms with Crippen molar-refractivity contribution in [1.29, 1.82) is 0 Å². The zero-order valence-electron chi connectivity index (χ0n) is 15.4. The molecule has 8 heteroatoms. The lowest BCUT2D eigenvalue weighted by molar-refractivity contribution is -0.142. The summed E-state index contributed by atoms with van der Waals surface area (Å²) in [6, 6.07) is -1.87. The normalized spacial score (nSPS) is 14.6. The molecule has 0 aromatic heterocycles. The lowest BCUT2D eigenvalue weighted by atomic mass is 9.92. The fourth-order valence-corrected chi connectivity index (χ4v) is 1.72. The molecule has 0 aliphatic rings. The summed E-state index contributed by atoms with van der Waals surface area (Å²) < 4.78 is 5.77. The molecule has 0 rings (SSSR count). The van der Waals surface area contributed by atoms with E-state index in [1.165, 1.54) is 13.8 Å². The number of ether oxygens (including phenoxy) is 1. The molecule has 2 amide bonds. The van der Waals surface area contributed by atoms with E-state index in [1.807, 2.05) is 13.8 Å². The predicted octanol–water partition coefficient (Wildman–Crippen LogP) is 0.251. The zero-order chi connectivity index (χ0) is 19.1. The van der Waals surface area contributed by atoms with Crippen molar-refractivity contribution in [2.45, 2.75) is 65.6 Å². The van der Waals surface area contributed by atoms with E-state index in [1.54, 1.807) is 13.8 Å². The molecule has 2 atom stereocenters. The first kappa shape index (κ1) is 22.3. The number of hydrogen-bond donors (Lipinski definition) is 4. The molecule has 0 bridgehead atoms. The first-order valence-electron chi connectivity index (χ1n) is 8.00. The van der Waals surface area contributed by atoms with Crippen LogP contribution in [-0.4, -0.2) is 53.7 Å². The minimum absolute atomic E-state index is 0.172. The second-order valence-electron chi connectivity index (χ2n) is 7.23. The summed E-state index contributed by atoms with van der Waals surface area (Å²) in [5.41, 5.74) is 4.24. The van der Waals surface area contributed by atoms with Crippen molar-refractivity contribution in [3.63, 3.8) is 0 Å². The number of carboxylic acid groups (broad SMARTS) is 1. The summed E-state index contributed by atoms with van der Waals surface area (Å²) >= 11 is 0. The maximum atomic E-state index is 12.4. The van der Waals surface area contributed by atoms with Crippen molar-refractivity contribution in [1.82, 2.24) is 10.6 Å². The van der Waals surface area contributed by atoms with E-state index >= 15 is 0 Å². The van der Waals surface area contributed by atoms with Crippen molar-refractivity contribution in [2.24, 2.45) is 11.1 Å². The van der Waals surface area contributed by atoms with E-state index < -0.39 is 35.0 Å². The zero-order valence-corrected chi connectivity index (χ0v) is 15.4. The number of amides is 2. The van der Waals surface area contributed by atoms with E-state index in [0.29, 0.717) is 13.0 Å². The molecule has 140 valence electrons. The maximum absolute atomic E-state index is 12.4. The molecular weight excluding hydrogens is 314 g/mol. The number of carbonyl (C=O) groups excluding carboxylic acids is 2. The Morgan fingerprint density at radius 1 is 1.08 bits per heavy atom. The van der Waals surface area contributed by atoms with E-state index in [4.69, 9.17) is 15.6 Å². The van der Waals surface area contributed by atoms with Gasteiger partial charge in [-0.3, -0.25) is 14.4 Å². The van der Waals surface area contributed by atoms with E-state index in [-0.39, 0.29) is 12.5 Å². The highest BCUT2D eigenvalue weighted by molar-refractivity contribution is 5.91. The maximum Gasteiger partial charge on any atom is 0.325 e. The Balaban J connectivity index is 4.61. The minimum atomic E-state index is -1.14. The van der Waals surface area contributed by atoms with Gasteiger partial charge in [-0.2, -0.15) is 0 Å². The molecule has 0 fully saturated rings. The van der Waals surface area contributed by atoms with Crippen molar-refractivity contribution in [3.05, 3.63) is 0 Å². The lowest BCUT2D eigenvalue weighted by Crippen LogP contribution is -2.52. The second kappa shape index (κ2) is 8.98. The molecule has 2 unspecified atom stereocenters. The number of aliphatic carboxylic acids is 1. The molecule has 24 heavy (non-hydrogen) atoms. The number of rotatable bonds is 10. The fraction of sp³-hybridized carbons (Fsp3) is 0.812. The van der Waals surface area contributed by atoms with Crippen LogP contribution in [0.15, 0.2) is 0 Å². The van der Waals surface area contributed by atoms with Crippen LogP contribution >= 0.6 is 0 Å². The Morgan fingerprint density at radius 2 is 1.62 bits per heavy atom. The van der Waals surface area contributed by atoms with Gasteiger partial charge < -0.3 is 26.2 Å². The number of nitrogens with one attached hydrogen (secondary N) is 2. The van der Waals surface area contributed by atoms with Crippen LogP contribution in [0.4, 0.5) is 0 Å². The van der Waals surface area contributed by atoms with E-state index in [0.717, 1.165) is 0 Å². The van der Waals surface area contributed by atoms with Crippen molar-refractivity contribution >= 4 is 17.8 Å². The van der Waals surface area contributed by atoms with Gasteiger partial charge in [-0.05, 0) is 54.5 Å². The van der Waals surface area contributed by atoms with Crippen molar-refractivity contribution in [3.8, 4) is 0 Å². The molecule has 0 aromatic carbocycles. The van der Waals surface area contributed by atoms with Crippen LogP contribution in [0.25, 0.3) is 0 Å². The molecule has 0 spiro atoms. The highest BCUT2D eigenvalue weighted by Crippen LogP contribution is 2.22. The van der Waals surface area contributed by atoms with Crippen molar-refractivity contribution in [2.75, 3.05) is 13.2 Å². The quantitative estimate of drug-likeness (QED) is 0.449. The molecule has 0 aromatic rings. The van der Waals surface area contributed by atoms with Gasteiger partial charge in [0.1, 0.15) is 12.1 Å². The Kier molecular flexibility index (Phi) is 8.36. The molecule has 0 saturated carbocycles. The van der Waals surface area contributed by atoms with Crippen molar-refractivity contribution < 1.29 is 24.2 Å². The third kappa shape index (κ3) is 7.74. The number of nitrogens with two attached hydrogens (primary N) is 1. The lowest BCUT2D eigenvalue weighted by Gasteiger charge is -2.31. The summed E-state index contributed by atoms with van der Waals surface area (Å²) in [5.74, 6) is -2.05. The topological polar surface area (TPSA) is 131 Å². The molecule has 0 saturated heterocycles. The summed E-state index contributed by atoms with van der Waals surface area (Å²) in [4.78, 5) is 35.0. The summed E-state index contributed by atoms with van der Waals surface area (Å²) in [6.07, 6.45) is 0.663. The summed E-state index contributed by atoms with van der Waals surface area (Å²) in [7, 11) is 0. The molecule has 0 aliphatic carbocycles. The monoisotopic (exact) mass is 345 g/mol. The highest BCUT2D eigenvalue weighted by atomic mass is 16.5. The van der Waals surface area contributed by atoms with Gasteiger partial charge >= 0.3 is 5.97 Å². The Morgan fingerprint density at radius 3 is 2.08 bits per heavy atom. The minimum Gasteiger partial charge on any atom is -0.480 e. The van der Waals surface area contributed by atoms with Crippen LogP contribution in [0.5, 0.6) is 0 Å². The largest absolute Gasteiger partial charge is 0.480 e. The van der Waals surface area contributed by atoms with E-state index in [9.17, 15) is 14.4 Å². The molecular formula is C16H31N3O5. The number of hydrogen-bond acceptors (Lipinski definition) is 5. The fourth-order valence-electron chi connectivity index (χ4n) is 1.72. The average molecular weight is 345 g/mol. The van der Waals surface area contributed by atoms with Gasteiger partial charge in [-0.1, -0.05) is 0 Å². The molecule has 0 heterocycles. The third-order valence-corrected chi connectivity index (χ3v) is 3.65. The number of carboxylic acids is 1. The van der Waals surface area contributed by atoms with Gasteiger partial charge in [0.05, 0.1) is 17.6 Å². The van der Waals surface area contributed by atoms with Crippen LogP contribution in [0.2, 0.25) is 0 Å². The Labute approximate surface area is 143 Å². The summed E-state index contributed by atoms with van der Waals surface area (Å²) in [6.45, 7) is 10.7. The third-order valence-electron chi connectivity index (χ3n) is 3.65. The standard InChI is InChI=1S/C16H31N3O5/c1-10(12(20)18-11(2)13(21)22)19-14(23)15(3,4)9-24-16(5,6)7-8-17/h10-11H,7-9,17H2,1-6H3,(H,18,20)(H,19,23)(H,21,22). The molecule has 0 aliphatic heterocycles. The number of carbonyl (C=O) groups is 3. The van der Waals surface area contributed by atoms with Crippen LogP contribution in [0.3, 0.4) is 0 Å². The van der Waals surface area contributed by atoms with Gasteiger partial charge in [-0.15, -0.1) is 0 Å². The SMILES string of the molecule is CC(NC(=O)C(C)NC(=O)C(C)(C)COC(C)(C)CCN)C(=O)O. The Hall–Kier alpha value is -1.67. The highest BCUT2D eigenvalue weighted by Gasteiger charge is 2.33. The van der Waals surface area contributed by atoms with Crippen LogP contribution in [-0.2, 0) is 19.1 Å². The average Bonchev–Trinajstić information content (AvgIpc) is 2.44. The Bertz CT molecular complexity index is 463. The first-order valence-corrected chi connectivity index (χ1v) is 8.00. The van der Waals surface area contributed by atoms with Crippen LogP contribution in [0, 0.1) is 5.41 Å². The van der Waals surface area contributed by atoms with Gasteiger partial charge in [-0.25, -0.2) is 0 Å². The first-order chi connectivity index (χ1) is 10.8. The molecule has 0 radical (unpaired) electrons. The second-order valence-corrected chi connectivity index (χ2v) is 7.23.